The Labute approximate surface area is 99.7 Å². The van der Waals surface area contributed by atoms with Gasteiger partial charge in [0.2, 0.25) is 0 Å². The van der Waals surface area contributed by atoms with Crippen molar-refractivity contribution in [2.45, 2.75) is 30.9 Å². The average molecular weight is 229 g/mol. The Hall–Kier alpha value is -0.160. The van der Waals surface area contributed by atoms with Crippen LogP contribution in [0.4, 0.5) is 0 Å². The molecule has 0 aromatic carbocycles. The second kappa shape index (κ2) is 5.96. The van der Waals surface area contributed by atoms with Crippen LogP contribution in [0.2, 0.25) is 0 Å². The highest BCUT2D eigenvalue weighted by molar-refractivity contribution is 5.03. The van der Waals surface area contributed by atoms with Crippen molar-refractivity contribution >= 4 is 0 Å². The van der Waals surface area contributed by atoms with Crippen LogP contribution in [0.1, 0.15) is 19.3 Å². The first-order valence-electron chi connectivity index (χ1n) is 6.13. The minimum absolute atomic E-state index is 0.201. The van der Waals surface area contributed by atoms with Crippen molar-refractivity contribution in [3.05, 3.63) is 0 Å². The van der Waals surface area contributed by atoms with Crippen LogP contribution < -0.4 is 5.73 Å². The highest BCUT2D eigenvalue weighted by Crippen LogP contribution is 2.37. The average Bonchev–Trinajstić information content (AvgIpc) is 2.17. The molecule has 0 spiro atoms. The summed E-state index contributed by atoms with van der Waals surface area (Å²) >= 11 is 0. The number of hydrogen-bond acceptors (Lipinski definition) is 4. The molecule has 0 aromatic rings. The summed E-state index contributed by atoms with van der Waals surface area (Å²) in [7, 11) is 8.21. The van der Waals surface area contributed by atoms with Gasteiger partial charge in [-0.05, 0) is 53.5 Å². The summed E-state index contributed by atoms with van der Waals surface area (Å²) in [6.45, 7) is 3.00. The third-order valence-corrected chi connectivity index (χ3v) is 3.84. The van der Waals surface area contributed by atoms with Crippen LogP contribution in [0.15, 0.2) is 0 Å². The fraction of sp³-hybridized carbons (Fsp3) is 1.00. The van der Waals surface area contributed by atoms with Crippen LogP contribution >= 0.6 is 0 Å². The minimum atomic E-state index is 0.201. The van der Waals surface area contributed by atoms with Crippen molar-refractivity contribution in [1.29, 1.82) is 0 Å². The van der Waals surface area contributed by atoms with Crippen LogP contribution in [0, 0.1) is 0 Å². The standard InChI is InChI=1S/C12H27N3O/c1-14(2)6-5-7-15(3)12(10-13)8-11(9-12)16-4/h11H,5-10,13H2,1-4H3. The van der Waals surface area contributed by atoms with Gasteiger partial charge >= 0.3 is 0 Å². The van der Waals surface area contributed by atoms with Gasteiger partial charge in [-0.25, -0.2) is 0 Å². The molecule has 1 saturated carbocycles. The normalized spacial score (nSPS) is 29.8. The summed E-state index contributed by atoms with van der Waals surface area (Å²) in [6, 6.07) is 0. The summed E-state index contributed by atoms with van der Waals surface area (Å²) in [6.07, 6.45) is 3.78. The molecule has 96 valence electrons. The van der Waals surface area contributed by atoms with Gasteiger partial charge in [-0.15, -0.1) is 0 Å². The van der Waals surface area contributed by atoms with Gasteiger partial charge in [-0.3, -0.25) is 4.90 Å². The lowest BCUT2D eigenvalue weighted by molar-refractivity contribution is -0.0786. The first-order valence-corrected chi connectivity index (χ1v) is 6.13. The van der Waals surface area contributed by atoms with Gasteiger partial charge in [0.25, 0.3) is 0 Å². The van der Waals surface area contributed by atoms with E-state index < -0.39 is 0 Å². The van der Waals surface area contributed by atoms with Crippen LogP contribution in [0.25, 0.3) is 0 Å². The molecule has 0 aromatic heterocycles. The van der Waals surface area contributed by atoms with Gasteiger partial charge in [0.15, 0.2) is 0 Å². The van der Waals surface area contributed by atoms with E-state index in [0.717, 1.165) is 32.5 Å². The molecule has 0 unspecified atom stereocenters. The summed E-state index contributed by atoms with van der Waals surface area (Å²) in [5.41, 5.74) is 6.11. The van der Waals surface area contributed by atoms with Gasteiger partial charge in [-0.1, -0.05) is 0 Å². The maximum atomic E-state index is 5.91. The molecule has 0 amide bonds. The van der Waals surface area contributed by atoms with Crippen molar-refractivity contribution in [3.63, 3.8) is 0 Å². The fourth-order valence-electron chi connectivity index (χ4n) is 2.45. The molecule has 0 radical (unpaired) electrons. The molecule has 2 N–H and O–H groups in total. The number of hydrogen-bond donors (Lipinski definition) is 1. The summed E-state index contributed by atoms with van der Waals surface area (Å²) in [5, 5.41) is 0. The maximum Gasteiger partial charge on any atom is 0.0607 e. The van der Waals surface area contributed by atoms with Gasteiger partial charge in [0.05, 0.1) is 6.10 Å². The lowest BCUT2D eigenvalue weighted by Gasteiger charge is -2.52. The van der Waals surface area contributed by atoms with E-state index in [0.29, 0.717) is 6.10 Å². The molecule has 4 nitrogen and oxygen atoms in total. The smallest absolute Gasteiger partial charge is 0.0607 e. The van der Waals surface area contributed by atoms with Crippen LogP contribution in [-0.2, 0) is 4.74 Å². The SMILES string of the molecule is COC1CC(CN)(N(C)CCCN(C)C)C1. The van der Waals surface area contributed by atoms with Crippen molar-refractivity contribution in [2.75, 3.05) is 47.9 Å². The molecule has 0 aliphatic heterocycles. The van der Waals surface area contributed by atoms with Gasteiger partial charge in [-0.2, -0.15) is 0 Å². The highest BCUT2D eigenvalue weighted by Gasteiger charge is 2.46. The van der Waals surface area contributed by atoms with E-state index in [1.165, 1.54) is 6.42 Å². The summed E-state index contributed by atoms with van der Waals surface area (Å²) in [5.74, 6) is 0. The Morgan fingerprint density at radius 2 is 1.88 bits per heavy atom. The Morgan fingerprint density at radius 1 is 1.25 bits per heavy atom. The lowest BCUT2D eigenvalue weighted by atomic mass is 9.73. The molecular weight excluding hydrogens is 202 g/mol. The molecule has 1 aliphatic rings. The van der Waals surface area contributed by atoms with E-state index in [1.54, 1.807) is 7.11 Å². The number of nitrogens with two attached hydrogens (primary N) is 1. The van der Waals surface area contributed by atoms with E-state index in [4.69, 9.17) is 10.5 Å². The molecule has 16 heavy (non-hydrogen) atoms. The fourth-order valence-corrected chi connectivity index (χ4v) is 2.45. The number of rotatable bonds is 7. The van der Waals surface area contributed by atoms with Crippen LogP contribution in [0.3, 0.4) is 0 Å². The van der Waals surface area contributed by atoms with E-state index >= 15 is 0 Å². The van der Waals surface area contributed by atoms with Crippen molar-refractivity contribution in [3.8, 4) is 0 Å². The Bertz CT molecular complexity index is 202. The zero-order chi connectivity index (χ0) is 12.2. The Kier molecular flexibility index (Phi) is 5.18. The van der Waals surface area contributed by atoms with Crippen molar-refractivity contribution in [2.24, 2.45) is 5.73 Å². The predicted octanol–water partition coefficient (Wildman–Crippen LogP) is 0.376. The number of nitrogens with zero attached hydrogens (tertiary/aromatic N) is 2. The molecule has 1 rings (SSSR count). The highest BCUT2D eigenvalue weighted by atomic mass is 16.5. The zero-order valence-electron chi connectivity index (χ0n) is 11.2. The van der Waals surface area contributed by atoms with Gasteiger partial charge in [0.1, 0.15) is 0 Å². The minimum Gasteiger partial charge on any atom is -0.381 e. The second-order valence-corrected chi connectivity index (χ2v) is 5.27. The van der Waals surface area contributed by atoms with E-state index in [1.807, 2.05) is 0 Å². The predicted molar refractivity (Wildman–Crippen MR) is 67.6 cm³/mol. The molecule has 0 atom stereocenters. The summed E-state index contributed by atoms with van der Waals surface area (Å²) in [4.78, 5) is 4.65. The number of methoxy groups -OCH3 is 1. The van der Waals surface area contributed by atoms with Gasteiger partial charge < -0.3 is 15.4 Å². The van der Waals surface area contributed by atoms with Gasteiger partial charge in [0, 0.05) is 19.2 Å². The van der Waals surface area contributed by atoms with E-state index in [9.17, 15) is 0 Å². The quantitative estimate of drug-likeness (QED) is 0.685. The molecule has 1 aliphatic carbocycles. The van der Waals surface area contributed by atoms with Crippen LogP contribution in [0.5, 0.6) is 0 Å². The lowest BCUT2D eigenvalue weighted by Crippen LogP contribution is -2.62. The van der Waals surface area contributed by atoms with Crippen molar-refractivity contribution in [1.82, 2.24) is 9.80 Å². The zero-order valence-corrected chi connectivity index (χ0v) is 11.2. The van der Waals surface area contributed by atoms with E-state index in [-0.39, 0.29) is 5.54 Å². The van der Waals surface area contributed by atoms with E-state index in [2.05, 4.69) is 30.9 Å². The topological polar surface area (TPSA) is 41.7 Å². The monoisotopic (exact) mass is 229 g/mol. The van der Waals surface area contributed by atoms with Crippen LogP contribution in [-0.4, -0.2) is 69.3 Å². The number of likely N-dealkylation sites (N-methyl/N-ethyl adjacent to an activating group) is 1. The maximum absolute atomic E-state index is 5.91. The molecule has 0 heterocycles. The molecular formula is C12H27N3O. The third-order valence-electron chi connectivity index (χ3n) is 3.84. The Balaban J connectivity index is 2.31. The summed E-state index contributed by atoms with van der Waals surface area (Å²) < 4.78 is 5.35. The molecule has 0 saturated heterocycles. The largest absolute Gasteiger partial charge is 0.381 e. The Morgan fingerprint density at radius 3 is 2.31 bits per heavy atom. The van der Waals surface area contributed by atoms with Crippen molar-refractivity contribution < 1.29 is 4.74 Å². The third kappa shape index (κ3) is 3.17. The molecule has 0 bridgehead atoms. The molecule has 4 heteroatoms. The molecule has 1 fully saturated rings. The first kappa shape index (κ1) is 13.9. The number of ether oxygens (including phenoxy) is 1. The first-order chi connectivity index (χ1) is 7.54. The second-order valence-electron chi connectivity index (χ2n) is 5.27.